The second kappa shape index (κ2) is 12.1. The quantitative estimate of drug-likeness (QED) is 0.190. The summed E-state index contributed by atoms with van der Waals surface area (Å²) >= 11 is 6.51. The van der Waals surface area contributed by atoms with E-state index in [0.29, 0.717) is 40.7 Å². The number of carbonyl (C=O) groups excluding carboxylic acids is 1. The standard InChI is InChI=1S/C26H26N4O5S2/c31-19(17-9-3-1-4-10-17)16-27-23-18(24(34)29-13-8-6-11-21(29)28-23)15-20-25(35)30(26(36)37-20)14-7-2-5-12-22(32)33/h1,3-4,6,8-11,13,15,19,27,31H,2,5,7,12,14,16H2,(H,32,33). The van der Waals surface area contributed by atoms with Crippen LogP contribution in [0.25, 0.3) is 11.7 Å². The van der Waals surface area contributed by atoms with Gasteiger partial charge in [0.15, 0.2) is 0 Å². The molecule has 1 aromatic carbocycles. The number of hydrogen-bond donors (Lipinski definition) is 3. The highest BCUT2D eigenvalue weighted by Crippen LogP contribution is 2.33. The molecule has 0 saturated carbocycles. The zero-order valence-corrected chi connectivity index (χ0v) is 21.5. The van der Waals surface area contributed by atoms with Gasteiger partial charge in [-0.05, 0) is 36.6 Å². The van der Waals surface area contributed by atoms with E-state index >= 15 is 0 Å². The molecule has 0 radical (unpaired) electrons. The van der Waals surface area contributed by atoms with Gasteiger partial charge < -0.3 is 15.5 Å². The largest absolute Gasteiger partial charge is 0.481 e. The van der Waals surface area contributed by atoms with Gasteiger partial charge in [-0.15, -0.1) is 0 Å². The summed E-state index contributed by atoms with van der Waals surface area (Å²) in [6.45, 7) is 0.489. The summed E-state index contributed by atoms with van der Waals surface area (Å²) < 4.78 is 1.78. The molecule has 3 heterocycles. The van der Waals surface area contributed by atoms with Crippen LogP contribution < -0.4 is 10.9 Å². The second-order valence-electron chi connectivity index (χ2n) is 8.45. The van der Waals surface area contributed by atoms with Gasteiger partial charge >= 0.3 is 5.97 Å². The number of aromatic nitrogens is 2. The number of carboxylic acids is 1. The van der Waals surface area contributed by atoms with E-state index in [1.807, 2.05) is 30.3 Å². The van der Waals surface area contributed by atoms with Gasteiger partial charge in [-0.3, -0.25) is 23.7 Å². The molecule has 192 valence electrons. The Balaban J connectivity index is 1.58. The molecule has 2 aromatic heterocycles. The number of rotatable bonds is 11. The summed E-state index contributed by atoms with van der Waals surface area (Å²) in [7, 11) is 0. The van der Waals surface area contributed by atoms with Crippen molar-refractivity contribution in [3.8, 4) is 0 Å². The maximum absolute atomic E-state index is 13.4. The third-order valence-corrected chi connectivity index (χ3v) is 7.22. The fourth-order valence-corrected chi connectivity index (χ4v) is 5.19. The summed E-state index contributed by atoms with van der Waals surface area (Å²) in [5.74, 6) is -0.893. The Hall–Kier alpha value is -3.54. The molecule has 9 nitrogen and oxygen atoms in total. The molecule has 1 amide bonds. The topological polar surface area (TPSA) is 124 Å². The van der Waals surface area contributed by atoms with Crippen LogP contribution in [0.5, 0.6) is 0 Å². The average molecular weight is 539 g/mol. The van der Waals surface area contributed by atoms with Crippen LogP contribution in [0, 0.1) is 0 Å². The zero-order valence-electron chi connectivity index (χ0n) is 19.9. The number of unbranched alkanes of at least 4 members (excludes halogenated alkanes) is 2. The number of nitrogens with zero attached hydrogens (tertiary/aromatic N) is 3. The van der Waals surface area contributed by atoms with E-state index in [-0.39, 0.29) is 35.8 Å². The van der Waals surface area contributed by atoms with Gasteiger partial charge in [0.05, 0.1) is 16.6 Å². The van der Waals surface area contributed by atoms with E-state index in [0.717, 1.165) is 17.3 Å². The third-order valence-electron chi connectivity index (χ3n) is 5.84. The Morgan fingerprint density at radius 2 is 1.86 bits per heavy atom. The first-order chi connectivity index (χ1) is 17.8. The predicted molar refractivity (Wildman–Crippen MR) is 147 cm³/mol. The first-order valence-corrected chi connectivity index (χ1v) is 13.0. The van der Waals surface area contributed by atoms with Crippen LogP contribution in [0.1, 0.15) is 42.9 Å². The number of amides is 1. The van der Waals surface area contributed by atoms with Gasteiger partial charge in [-0.25, -0.2) is 4.98 Å². The Morgan fingerprint density at radius 3 is 2.62 bits per heavy atom. The van der Waals surface area contributed by atoms with Crippen molar-refractivity contribution in [2.45, 2.75) is 31.8 Å². The van der Waals surface area contributed by atoms with E-state index in [9.17, 15) is 19.5 Å². The lowest BCUT2D eigenvalue weighted by Gasteiger charge is -2.15. The summed E-state index contributed by atoms with van der Waals surface area (Å²) in [6.07, 6.45) is 4.18. The normalized spacial score (nSPS) is 15.5. The molecule has 4 rings (SSSR count). The van der Waals surface area contributed by atoms with Crippen molar-refractivity contribution >= 4 is 57.7 Å². The first-order valence-electron chi connectivity index (χ1n) is 11.8. The van der Waals surface area contributed by atoms with Crippen molar-refractivity contribution in [1.29, 1.82) is 0 Å². The summed E-state index contributed by atoms with van der Waals surface area (Å²) in [5, 5.41) is 22.5. The number of thioether (sulfide) groups is 1. The predicted octanol–water partition coefficient (Wildman–Crippen LogP) is 3.69. The number of aliphatic hydroxyl groups excluding tert-OH is 1. The number of hydrogen-bond acceptors (Lipinski definition) is 8. The van der Waals surface area contributed by atoms with Crippen LogP contribution in [-0.4, -0.2) is 53.8 Å². The number of anilines is 1. The van der Waals surface area contributed by atoms with E-state index in [1.54, 1.807) is 24.4 Å². The van der Waals surface area contributed by atoms with E-state index in [2.05, 4.69) is 10.3 Å². The number of fused-ring (bicyclic) bond motifs is 1. The van der Waals surface area contributed by atoms with Crippen molar-refractivity contribution in [3.05, 3.63) is 81.1 Å². The monoisotopic (exact) mass is 538 g/mol. The lowest BCUT2D eigenvalue weighted by atomic mass is 10.1. The number of pyridine rings is 1. The van der Waals surface area contributed by atoms with E-state index < -0.39 is 12.1 Å². The fraction of sp³-hybridized carbons (Fsp3) is 0.269. The zero-order chi connectivity index (χ0) is 26.4. The third kappa shape index (κ3) is 6.43. The van der Waals surface area contributed by atoms with Crippen LogP contribution in [0.3, 0.4) is 0 Å². The highest BCUT2D eigenvalue weighted by molar-refractivity contribution is 8.26. The molecule has 37 heavy (non-hydrogen) atoms. The first kappa shape index (κ1) is 26.5. The second-order valence-corrected chi connectivity index (χ2v) is 10.1. The number of aliphatic carboxylic acids is 1. The number of nitrogens with one attached hydrogen (secondary N) is 1. The van der Waals surface area contributed by atoms with Crippen LogP contribution >= 0.6 is 24.0 Å². The van der Waals surface area contributed by atoms with Gasteiger partial charge in [-0.1, -0.05) is 66.8 Å². The Bertz CT molecular complexity index is 1410. The number of aliphatic hydroxyl groups is 1. The molecule has 1 fully saturated rings. The molecule has 1 atom stereocenters. The van der Waals surface area contributed by atoms with Crippen LogP contribution in [0.15, 0.2) is 64.4 Å². The SMILES string of the molecule is O=C(O)CCCCCN1C(=O)C(=Cc2c(NCC(O)c3ccccc3)nc3ccccn3c2=O)SC1=S. The Kier molecular flexibility index (Phi) is 8.70. The lowest BCUT2D eigenvalue weighted by molar-refractivity contribution is -0.137. The summed E-state index contributed by atoms with van der Waals surface area (Å²) in [4.78, 5) is 43.5. The van der Waals surface area contributed by atoms with Gasteiger partial charge in [0.2, 0.25) is 0 Å². The van der Waals surface area contributed by atoms with Crippen LogP contribution in [-0.2, 0) is 9.59 Å². The molecule has 1 aliphatic rings. The number of thiocarbonyl (C=S) groups is 1. The molecule has 1 unspecified atom stereocenters. The summed E-state index contributed by atoms with van der Waals surface area (Å²) in [6, 6.07) is 14.3. The fourth-order valence-electron chi connectivity index (χ4n) is 3.90. The van der Waals surface area contributed by atoms with Gasteiger partial charge in [0.1, 0.15) is 15.8 Å². The highest BCUT2D eigenvalue weighted by Gasteiger charge is 2.32. The number of carbonyl (C=O) groups is 2. The highest BCUT2D eigenvalue weighted by atomic mass is 32.2. The molecular weight excluding hydrogens is 512 g/mol. The van der Waals surface area contributed by atoms with Gasteiger partial charge in [0.25, 0.3) is 11.5 Å². The minimum atomic E-state index is -0.843. The van der Waals surface area contributed by atoms with Crippen molar-refractivity contribution in [2.24, 2.45) is 0 Å². The van der Waals surface area contributed by atoms with E-state index in [4.69, 9.17) is 17.3 Å². The maximum Gasteiger partial charge on any atom is 0.303 e. The molecule has 0 bridgehead atoms. The molecule has 3 aromatic rings. The minimum Gasteiger partial charge on any atom is -0.481 e. The van der Waals surface area contributed by atoms with Gasteiger partial charge in [0, 0.05) is 25.7 Å². The van der Waals surface area contributed by atoms with Crippen LogP contribution in [0.2, 0.25) is 0 Å². The maximum atomic E-state index is 13.4. The average Bonchev–Trinajstić information content (AvgIpc) is 3.16. The molecule has 1 saturated heterocycles. The Labute approximate surface area is 222 Å². The van der Waals surface area contributed by atoms with E-state index in [1.165, 1.54) is 15.4 Å². The van der Waals surface area contributed by atoms with Crippen molar-refractivity contribution in [2.75, 3.05) is 18.4 Å². The van der Waals surface area contributed by atoms with Crippen molar-refractivity contribution in [3.63, 3.8) is 0 Å². The molecule has 0 spiro atoms. The number of carboxylic acid groups (broad SMARTS) is 1. The smallest absolute Gasteiger partial charge is 0.303 e. The molecule has 0 aliphatic carbocycles. The van der Waals surface area contributed by atoms with Crippen molar-refractivity contribution < 1.29 is 19.8 Å². The Morgan fingerprint density at radius 1 is 1.11 bits per heavy atom. The molecule has 1 aliphatic heterocycles. The van der Waals surface area contributed by atoms with Gasteiger partial charge in [-0.2, -0.15) is 0 Å². The van der Waals surface area contributed by atoms with Crippen LogP contribution in [0.4, 0.5) is 5.82 Å². The van der Waals surface area contributed by atoms with Crippen molar-refractivity contribution in [1.82, 2.24) is 14.3 Å². The number of benzene rings is 1. The minimum absolute atomic E-state index is 0.0892. The summed E-state index contributed by atoms with van der Waals surface area (Å²) in [5.41, 5.74) is 0.973. The molecular formula is C26H26N4O5S2. The molecule has 3 N–H and O–H groups in total. The lowest BCUT2D eigenvalue weighted by Crippen LogP contribution is -2.29. The molecule has 11 heteroatoms.